The summed E-state index contributed by atoms with van der Waals surface area (Å²) < 4.78 is 5.48. The second-order valence-corrected chi connectivity index (χ2v) is 6.96. The molecule has 0 radical (unpaired) electrons. The molecule has 3 rings (SSSR count). The second-order valence-electron chi connectivity index (χ2n) is 6.08. The van der Waals surface area contributed by atoms with E-state index in [0.29, 0.717) is 34.1 Å². The predicted molar refractivity (Wildman–Crippen MR) is 110 cm³/mol. The minimum Gasteiger partial charge on any atom is -0.495 e. The van der Waals surface area contributed by atoms with Crippen LogP contribution in [0, 0.1) is 11.3 Å². The summed E-state index contributed by atoms with van der Waals surface area (Å²) in [7, 11) is 1.63. The van der Waals surface area contributed by atoms with E-state index in [-0.39, 0.29) is 6.04 Å². The number of aromatic amines is 1. The van der Waals surface area contributed by atoms with Crippen molar-refractivity contribution in [1.29, 1.82) is 5.26 Å². The van der Waals surface area contributed by atoms with E-state index < -0.39 is 0 Å². The fourth-order valence-corrected chi connectivity index (χ4v) is 3.07. The summed E-state index contributed by atoms with van der Waals surface area (Å²) in [6.45, 7) is 4.17. The number of benzene rings is 1. The van der Waals surface area contributed by atoms with Crippen LogP contribution < -0.4 is 15.4 Å². The molecule has 0 aliphatic rings. The van der Waals surface area contributed by atoms with Gasteiger partial charge in [-0.3, -0.25) is 0 Å². The fourth-order valence-electron chi connectivity index (χ4n) is 2.64. The van der Waals surface area contributed by atoms with E-state index in [4.69, 9.17) is 4.74 Å². The zero-order valence-electron chi connectivity index (χ0n) is 15.8. The fraction of sp³-hybridized carbons (Fsp3) is 0.316. The molecule has 0 fully saturated rings. The molecule has 0 spiro atoms. The number of aromatic nitrogens is 3. The number of H-pyrrole nitrogens is 1. The summed E-state index contributed by atoms with van der Waals surface area (Å²) in [5, 5.41) is 16.7. The molecule has 0 aliphatic carbocycles. The molecule has 1 aromatic carbocycles. The molecule has 8 heteroatoms. The smallest absolute Gasteiger partial charge is 0.231 e. The maximum atomic E-state index is 9.37. The van der Waals surface area contributed by atoms with Gasteiger partial charge in [-0.25, -0.2) is 0 Å². The Labute approximate surface area is 162 Å². The zero-order chi connectivity index (χ0) is 19.4. The molecule has 0 amide bonds. The largest absolute Gasteiger partial charge is 0.495 e. The number of hydrogen-bond donors (Lipinski definition) is 3. The minimum absolute atomic E-state index is 0.216. The van der Waals surface area contributed by atoms with Crippen LogP contribution in [0.15, 0.2) is 29.3 Å². The van der Waals surface area contributed by atoms with Crippen LogP contribution in [-0.2, 0) is 0 Å². The van der Waals surface area contributed by atoms with Crippen LogP contribution in [0.5, 0.6) is 5.75 Å². The number of ether oxygens (including phenoxy) is 1. The summed E-state index contributed by atoms with van der Waals surface area (Å²) in [6.07, 6.45) is 4.60. The molecule has 2 aromatic heterocycles. The Kier molecular flexibility index (Phi) is 5.72. The van der Waals surface area contributed by atoms with Gasteiger partial charge in [0, 0.05) is 17.1 Å². The normalized spacial score (nSPS) is 11.8. The van der Waals surface area contributed by atoms with Crippen molar-refractivity contribution in [2.45, 2.75) is 31.2 Å². The summed E-state index contributed by atoms with van der Waals surface area (Å²) in [5.41, 5.74) is 1.90. The van der Waals surface area contributed by atoms with Crippen molar-refractivity contribution in [3.63, 3.8) is 0 Å². The van der Waals surface area contributed by atoms with E-state index in [1.807, 2.05) is 24.5 Å². The predicted octanol–water partition coefficient (Wildman–Crippen LogP) is 4.51. The van der Waals surface area contributed by atoms with Crippen molar-refractivity contribution in [2.24, 2.45) is 0 Å². The third-order valence-electron chi connectivity index (χ3n) is 4.30. The maximum Gasteiger partial charge on any atom is 0.231 e. The molecule has 3 N–H and O–H groups in total. The summed E-state index contributed by atoms with van der Waals surface area (Å²) in [4.78, 5) is 13.3. The average molecular weight is 382 g/mol. The highest BCUT2D eigenvalue weighted by Crippen LogP contribution is 2.32. The Morgan fingerprint density at radius 1 is 1.37 bits per heavy atom. The Morgan fingerprint density at radius 3 is 2.85 bits per heavy atom. The van der Waals surface area contributed by atoms with E-state index in [1.165, 1.54) is 0 Å². The molecule has 0 bridgehead atoms. The molecular formula is C19H22N6OS. The van der Waals surface area contributed by atoms with Gasteiger partial charge in [0.2, 0.25) is 5.95 Å². The highest BCUT2D eigenvalue weighted by Gasteiger charge is 2.16. The first-order valence-electron chi connectivity index (χ1n) is 8.64. The standard InChI is InChI=1S/C19H22N6OS/c1-5-11(2)22-18-16-12(9-20)10-21-17(16)24-19(25-18)23-14-7-6-13(27-4)8-15(14)26-3/h6-8,10-11H,5H2,1-4H3,(H3,21,22,23,24,25). The first-order valence-corrected chi connectivity index (χ1v) is 9.86. The quantitative estimate of drug-likeness (QED) is 0.517. The third-order valence-corrected chi connectivity index (χ3v) is 5.03. The molecule has 0 aliphatic heterocycles. The Morgan fingerprint density at radius 2 is 2.19 bits per heavy atom. The Bertz CT molecular complexity index is 994. The van der Waals surface area contributed by atoms with Crippen LogP contribution in [0.3, 0.4) is 0 Å². The van der Waals surface area contributed by atoms with Gasteiger partial charge in [0.05, 0.1) is 23.7 Å². The highest BCUT2D eigenvalue weighted by molar-refractivity contribution is 7.98. The maximum absolute atomic E-state index is 9.37. The van der Waals surface area contributed by atoms with Crippen molar-refractivity contribution in [3.8, 4) is 11.8 Å². The monoisotopic (exact) mass is 382 g/mol. The topological polar surface area (TPSA) is 98.7 Å². The van der Waals surface area contributed by atoms with Gasteiger partial charge in [-0.1, -0.05) is 6.92 Å². The van der Waals surface area contributed by atoms with Gasteiger partial charge in [-0.05, 0) is 37.8 Å². The molecule has 7 nitrogen and oxygen atoms in total. The number of rotatable bonds is 7. The SMILES string of the molecule is CCC(C)Nc1nc(Nc2ccc(SC)cc2OC)nc2[nH]cc(C#N)c12. The van der Waals surface area contributed by atoms with Crippen molar-refractivity contribution in [3.05, 3.63) is 30.0 Å². The Hall–Kier alpha value is -2.92. The first kappa shape index (κ1) is 18.9. The number of nitriles is 1. The average Bonchev–Trinajstić information content (AvgIpc) is 3.11. The number of methoxy groups -OCH3 is 1. The molecule has 0 saturated carbocycles. The van der Waals surface area contributed by atoms with E-state index in [0.717, 1.165) is 17.0 Å². The van der Waals surface area contributed by atoms with Gasteiger partial charge in [0.15, 0.2) is 0 Å². The highest BCUT2D eigenvalue weighted by atomic mass is 32.2. The third kappa shape index (κ3) is 3.93. The van der Waals surface area contributed by atoms with Crippen molar-refractivity contribution < 1.29 is 4.74 Å². The lowest BCUT2D eigenvalue weighted by molar-refractivity contribution is 0.415. The molecule has 0 saturated heterocycles. The Balaban J connectivity index is 2.04. The van der Waals surface area contributed by atoms with Gasteiger partial charge < -0.3 is 20.4 Å². The first-order chi connectivity index (χ1) is 13.1. The van der Waals surface area contributed by atoms with E-state index >= 15 is 0 Å². The number of hydrogen-bond acceptors (Lipinski definition) is 7. The summed E-state index contributed by atoms with van der Waals surface area (Å²) in [5.74, 6) is 1.77. The molecule has 1 atom stereocenters. The molecule has 1 unspecified atom stereocenters. The number of nitrogens with one attached hydrogen (secondary N) is 3. The van der Waals surface area contributed by atoms with Gasteiger partial charge in [-0.15, -0.1) is 11.8 Å². The number of fused-ring (bicyclic) bond motifs is 1. The van der Waals surface area contributed by atoms with Gasteiger partial charge >= 0.3 is 0 Å². The van der Waals surface area contributed by atoms with Crippen molar-refractivity contribution in [1.82, 2.24) is 15.0 Å². The summed E-state index contributed by atoms with van der Waals surface area (Å²) >= 11 is 1.65. The van der Waals surface area contributed by atoms with E-state index in [2.05, 4.69) is 45.5 Å². The van der Waals surface area contributed by atoms with E-state index in [9.17, 15) is 5.26 Å². The number of nitrogens with zero attached hydrogens (tertiary/aromatic N) is 3. The molecule has 27 heavy (non-hydrogen) atoms. The van der Waals surface area contributed by atoms with Crippen LogP contribution in [0.2, 0.25) is 0 Å². The van der Waals surface area contributed by atoms with E-state index in [1.54, 1.807) is 25.1 Å². The van der Waals surface area contributed by atoms with Gasteiger partial charge in [0.1, 0.15) is 23.3 Å². The van der Waals surface area contributed by atoms with Gasteiger partial charge in [0.25, 0.3) is 0 Å². The second kappa shape index (κ2) is 8.18. The van der Waals surface area contributed by atoms with Crippen molar-refractivity contribution >= 4 is 40.2 Å². The molecular weight excluding hydrogens is 360 g/mol. The zero-order valence-corrected chi connectivity index (χ0v) is 16.6. The van der Waals surface area contributed by atoms with Crippen LogP contribution in [0.4, 0.5) is 17.5 Å². The molecule has 2 heterocycles. The van der Waals surface area contributed by atoms with Crippen LogP contribution >= 0.6 is 11.8 Å². The van der Waals surface area contributed by atoms with Crippen molar-refractivity contribution in [2.75, 3.05) is 24.0 Å². The molecule has 3 aromatic rings. The van der Waals surface area contributed by atoms with Crippen LogP contribution in [-0.4, -0.2) is 34.4 Å². The number of thioether (sulfide) groups is 1. The molecule has 140 valence electrons. The lowest BCUT2D eigenvalue weighted by Crippen LogP contribution is -2.15. The lowest BCUT2D eigenvalue weighted by Gasteiger charge is -2.15. The van der Waals surface area contributed by atoms with Gasteiger partial charge in [-0.2, -0.15) is 15.2 Å². The minimum atomic E-state index is 0.216. The number of anilines is 3. The summed E-state index contributed by atoms with van der Waals surface area (Å²) in [6, 6.07) is 8.32. The van der Waals surface area contributed by atoms with Crippen LogP contribution in [0.1, 0.15) is 25.8 Å². The lowest BCUT2D eigenvalue weighted by atomic mass is 10.2. The van der Waals surface area contributed by atoms with Crippen LogP contribution in [0.25, 0.3) is 11.0 Å².